The van der Waals surface area contributed by atoms with Crippen LogP contribution in [0.5, 0.6) is 0 Å². The highest BCUT2D eigenvalue weighted by Gasteiger charge is 2.29. The normalized spacial score (nSPS) is 16.0. The van der Waals surface area contributed by atoms with Gasteiger partial charge in [-0.15, -0.1) is 0 Å². The van der Waals surface area contributed by atoms with Crippen LogP contribution < -0.4 is 16.0 Å². The van der Waals surface area contributed by atoms with Gasteiger partial charge in [0, 0.05) is 31.4 Å². The fraction of sp³-hybridized carbons (Fsp3) is 0.640. The molecule has 1 saturated heterocycles. The summed E-state index contributed by atoms with van der Waals surface area (Å²) >= 11 is 0. The minimum absolute atomic E-state index is 0.0761. The fourth-order valence-corrected chi connectivity index (χ4v) is 4.20. The van der Waals surface area contributed by atoms with E-state index < -0.39 is 6.04 Å². The van der Waals surface area contributed by atoms with Crippen LogP contribution in [0.4, 0.5) is 5.95 Å². The van der Waals surface area contributed by atoms with Crippen molar-refractivity contribution in [2.75, 3.05) is 24.5 Å². The van der Waals surface area contributed by atoms with Crippen LogP contribution in [0, 0.1) is 11.3 Å². The number of amides is 1. The van der Waals surface area contributed by atoms with Crippen LogP contribution in [0.2, 0.25) is 0 Å². The van der Waals surface area contributed by atoms with Gasteiger partial charge in [-0.2, -0.15) is 0 Å². The number of rotatable bonds is 9. The summed E-state index contributed by atoms with van der Waals surface area (Å²) in [6, 6.07) is 1.14. The zero-order chi connectivity index (χ0) is 24.9. The highest BCUT2D eigenvalue weighted by atomic mass is 16.4. The molecule has 0 aromatic carbocycles. The number of ketones is 1. The summed E-state index contributed by atoms with van der Waals surface area (Å²) in [5.41, 5.74) is 6.59. The van der Waals surface area contributed by atoms with Gasteiger partial charge in [0.15, 0.2) is 11.7 Å². The number of nitrogens with one attached hydrogen (secondary N) is 1. The summed E-state index contributed by atoms with van der Waals surface area (Å²) in [6.45, 7) is 11.7. The fourth-order valence-electron chi connectivity index (χ4n) is 4.20. The summed E-state index contributed by atoms with van der Waals surface area (Å²) in [7, 11) is 0. The molecule has 1 aliphatic heterocycles. The van der Waals surface area contributed by atoms with Gasteiger partial charge in [-0.3, -0.25) is 9.59 Å². The van der Waals surface area contributed by atoms with Crippen molar-refractivity contribution in [3.05, 3.63) is 35.8 Å². The Balaban J connectivity index is 1.65. The number of anilines is 1. The first-order valence-electron chi connectivity index (χ1n) is 12.1. The van der Waals surface area contributed by atoms with Crippen LogP contribution >= 0.6 is 0 Å². The second kappa shape index (κ2) is 11.1. The molecule has 186 valence electrons. The average molecular weight is 471 g/mol. The summed E-state index contributed by atoms with van der Waals surface area (Å²) < 4.78 is 6.04. The van der Waals surface area contributed by atoms with E-state index in [4.69, 9.17) is 15.1 Å². The molecule has 0 aliphatic carbocycles. The molecule has 3 rings (SSSR count). The maximum absolute atomic E-state index is 13.0. The molecule has 9 heteroatoms. The third kappa shape index (κ3) is 7.09. The second-order valence-electron chi connectivity index (χ2n) is 10.7. The monoisotopic (exact) mass is 470 g/mol. The SMILES string of the molecule is CC(C)Cc1nc(C2CCN(c3ncccn3)CC2)oc1C(=O)CNC(=O)C(N)CC(C)(C)C. The zero-order valence-electron chi connectivity index (χ0n) is 21.0. The summed E-state index contributed by atoms with van der Waals surface area (Å²) in [4.78, 5) is 40.9. The Kier molecular flexibility index (Phi) is 8.41. The van der Waals surface area contributed by atoms with Gasteiger partial charge in [-0.1, -0.05) is 34.6 Å². The number of hydrogen-bond donors (Lipinski definition) is 2. The molecule has 2 aromatic rings. The number of carbonyl (C=O) groups is 2. The van der Waals surface area contributed by atoms with Crippen molar-refractivity contribution in [2.45, 2.75) is 72.3 Å². The Morgan fingerprint density at radius 3 is 2.44 bits per heavy atom. The third-order valence-corrected chi connectivity index (χ3v) is 5.84. The zero-order valence-corrected chi connectivity index (χ0v) is 21.0. The molecule has 0 radical (unpaired) electrons. The van der Waals surface area contributed by atoms with Gasteiger partial charge >= 0.3 is 0 Å². The van der Waals surface area contributed by atoms with Crippen molar-refractivity contribution >= 4 is 17.6 Å². The number of Topliss-reactive ketones (excluding diaryl/α,β-unsaturated/α-hetero) is 1. The Morgan fingerprint density at radius 2 is 1.85 bits per heavy atom. The van der Waals surface area contributed by atoms with E-state index in [0.29, 0.717) is 30.3 Å². The van der Waals surface area contributed by atoms with Gasteiger partial charge in [-0.05, 0) is 43.1 Å². The van der Waals surface area contributed by atoms with Gasteiger partial charge in [0.25, 0.3) is 0 Å². The maximum atomic E-state index is 13.0. The van der Waals surface area contributed by atoms with Crippen molar-refractivity contribution in [1.29, 1.82) is 0 Å². The van der Waals surface area contributed by atoms with E-state index in [1.807, 2.05) is 20.8 Å². The van der Waals surface area contributed by atoms with Crippen molar-refractivity contribution in [2.24, 2.45) is 17.1 Å². The van der Waals surface area contributed by atoms with E-state index >= 15 is 0 Å². The lowest BCUT2D eigenvalue weighted by molar-refractivity contribution is -0.122. The van der Waals surface area contributed by atoms with E-state index in [-0.39, 0.29) is 35.3 Å². The molecule has 0 spiro atoms. The quantitative estimate of drug-likeness (QED) is 0.535. The Morgan fingerprint density at radius 1 is 1.21 bits per heavy atom. The number of aromatic nitrogens is 3. The summed E-state index contributed by atoms with van der Waals surface area (Å²) in [5.74, 6) is 1.42. The molecule has 0 bridgehead atoms. The van der Waals surface area contributed by atoms with Crippen LogP contribution in [0.3, 0.4) is 0 Å². The smallest absolute Gasteiger partial charge is 0.237 e. The molecular weight excluding hydrogens is 432 g/mol. The van der Waals surface area contributed by atoms with Crippen LogP contribution in [-0.4, -0.2) is 52.3 Å². The van der Waals surface area contributed by atoms with Crippen molar-refractivity contribution < 1.29 is 14.0 Å². The molecule has 9 nitrogen and oxygen atoms in total. The summed E-state index contributed by atoms with van der Waals surface area (Å²) in [5, 5.41) is 2.67. The molecule has 0 saturated carbocycles. The Bertz CT molecular complexity index is 959. The Labute approximate surface area is 201 Å². The summed E-state index contributed by atoms with van der Waals surface area (Å²) in [6.07, 6.45) is 6.34. The molecule has 34 heavy (non-hydrogen) atoms. The van der Waals surface area contributed by atoms with E-state index in [1.54, 1.807) is 18.5 Å². The standard InChI is InChI=1S/C25H38N6O3/c1-16(2)13-19-21(20(32)15-29-22(33)18(26)14-25(3,4)5)34-23(30-19)17-7-11-31(12-8-17)24-27-9-6-10-28-24/h6,9-10,16-18H,7-8,11-15,26H2,1-5H3,(H,29,33). The van der Waals surface area contributed by atoms with Crippen molar-refractivity contribution in [3.8, 4) is 0 Å². The molecule has 2 aromatic heterocycles. The van der Waals surface area contributed by atoms with E-state index in [1.165, 1.54) is 0 Å². The minimum atomic E-state index is -0.660. The largest absolute Gasteiger partial charge is 0.437 e. The molecule has 1 fully saturated rings. The first-order chi connectivity index (χ1) is 16.0. The first kappa shape index (κ1) is 25.8. The van der Waals surface area contributed by atoms with Gasteiger partial charge in [0.1, 0.15) is 0 Å². The van der Waals surface area contributed by atoms with Crippen LogP contribution in [0.1, 0.15) is 81.9 Å². The van der Waals surface area contributed by atoms with Gasteiger partial charge in [-0.25, -0.2) is 15.0 Å². The lowest BCUT2D eigenvalue weighted by atomic mass is 9.88. The first-order valence-corrected chi connectivity index (χ1v) is 12.1. The number of hydrogen-bond acceptors (Lipinski definition) is 8. The molecule has 1 aliphatic rings. The van der Waals surface area contributed by atoms with E-state index in [0.717, 1.165) is 31.9 Å². The molecule has 3 heterocycles. The molecule has 1 amide bonds. The van der Waals surface area contributed by atoms with Crippen LogP contribution in [0.25, 0.3) is 0 Å². The van der Waals surface area contributed by atoms with Crippen LogP contribution in [-0.2, 0) is 11.2 Å². The highest BCUT2D eigenvalue weighted by Crippen LogP contribution is 2.31. The van der Waals surface area contributed by atoms with Crippen molar-refractivity contribution in [3.63, 3.8) is 0 Å². The number of oxazole rings is 1. The van der Waals surface area contributed by atoms with Crippen LogP contribution in [0.15, 0.2) is 22.9 Å². The van der Waals surface area contributed by atoms with Gasteiger partial charge < -0.3 is 20.4 Å². The number of nitrogens with zero attached hydrogens (tertiary/aromatic N) is 4. The third-order valence-electron chi connectivity index (χ3n) is 5.84. The molecule has 3 N–H and O–H groups in total. The number of carbonyl (C=O) groups excluding carboxylic acids is 2. The topological polar surface area (TPSA) is 127 Å². The van der Waals surface area contributed by atoms with Crippen molar-refractivity contribution in [1.82, 2.24) is 20.3 Å². The second-order valence-corrected chi connectivity index (χ2v) is 10.7. The molecular formula is C25H38N6O3. The minimum Gasteiger partial charge on any atom is -0.437 e. The molecule has 1 atom stereocenters. The lowest BCUT2D eigenvalue weighted by Gasteiger charge is -2.30. The predicted octanol–water partition coefficient (Wildman–Crippen LogP) is 3.11. The Hall–Kier alpha value is -2.81. The maximum Gasteiger partial charge on any atom is 0.237 e. The number of piperidine rings is 1. The number of nitrogens with two attached hydrogens (primary N) is 1. The lowest BCUT2D eigenvalue weighted by Crippen LogP contribution is -2.44. The average Bonchev–Trinajstić information content (AvgIpc) is 3.20. The highest BCUT2D eigenvalue weighted by molar-refractivity contribution is 5.98. The van der Waals surface area contributed by atoms with Gasteiger partial charge in [0.05, 0.1) is 18.3 Å². The van der Waals surface area contributed by atoms with E-state index in [2.05, 4.69) is 34.0 Å². The van der Waals surface area contributed by atoms with Gasteiger partial charge in [0.2, 0.25) is 17.6 Å². The predicted molar refractivity (Wildman–Crippen MR) is 131 cm³/mol. The van der Waals surface area contributed by atoms with E-state index in [9.17, 15) is 9.59 Å². The molecule has 1 unspecified atom stereocenters.